The molecule has 0 radical (unpaired) electrons. The second-order valence-corrected chi connectivity index (χ2v) is 10.1. The van der Waals surface area contributed by atoms with Crippen molar-refractivity contribution < 1.29 is 19.0 Å². The fraction of sp³-hybridized carbons (Fsp3) is 0.406. The number of nitrogens with zero attached hydrogens (tertiary/aromatic N) is 1. The van der Waals surface area contributed by atoms with E-state index in [4.69, 9.17) is 14.2 Å². The highest BCUT2D eigenvalue weighted by molar-refractivity contribution is 5.88. The minimum atomic E-state index is -0.0714. The maximum atomic E-state index is 12.3. The predicted molar refractivity (Wildman–Crippen MR) is 157 cm³/mol. The molecule has 0 spiro atoms. The van der Waals surface area contributed by atoms with Gasteiger partial charge in [0.2, 0.25) is 5.91 Å². The van der Waals surface area contributed by atoms with E-state index in [2.05, 4.69) is 57.8 Å². The van der Waals surface area contributed by atoms with Gasteiger partial charge in [-0.25, -0.2) is 0 Å². The predicted octanol–water partition coefficient (Wildman–Crippen LogP) is 5.35. The molecule has 2 heterocycles. The van der Waals surface area contributed by atoms with Crippen molar-refractivity contribution in [3.05, 3.63) is 83.1 Å². The highest BCUT2D eigenvalue weighted by Gasteiger charge is 2.22. The number of carbonyl (C=O) groups excluding carboxylic acids is 1. The monoisotopic (exact) mass is 531 g/mol. The van der Waals surface area contributed by atoms with E-state index in [1.54, 1.807) is 19.3 Å². The Balaban J connectivity index is 1.15. The van der Waals surface area contributed by atoms with Gasteiger partial charge >= 0.3 is 0 Å². The van der Waals surface area contributed by atoms with E-state index in [1.807, 2.05) is 26.0 Å². The zero-order valence-corrected chi connectivity index (χ0v) is 23.4. The van der Waals surface area contributed by atoms with Crippen molar-refractivity contribution in [3.63, 3.8) is 0 Å². The van der Waals surface area contributed by atoms with Gasteiger partial charge in [-0.1, -0.05) is 36.4 Å². The Bertz CT molecular complexity index is 1250. The summed E-state index contributed by atoms with van der Waals surface area (Å²) in [5.74, 6) is 1.36. The fourth-order valence-corrected chi connectivity index (χ4v) is 5.21. The third-order valence-corrected chi connectivity index (χ3v) is 7.22. The molecule has 0 aliphatic carbocycles. The molecule has 1 aromatic heterocycles. The number of nitrogens with one attached hydrogen (secondary N) is 2. The van der Waals surface area contributed by atoms with Crippen molar-refractivity contribution in [2.24, 2.45) is 0 Å². The Morgan fingerprint density at radius 2 is 1.87 bits per heavy atom. The minimum Gasteiger partial charge on any atom is -0.467 e. The largest absolute Gasteiger partial charge is 0.467 e. The Morgan fingerprint density at radius 3 is 2.64 bits per heavy atom. The average Bonchev–Trinajstić information content (AvgIpc) is 3.37. The number of H-pyrrole nitrogens is 1. The van der Waals surface area contributed by atoms with Crippen LogP contribution < -0.4 is 10.1 Å². The number of rotatable bonds is 13. The summed E-state index contributed by atoms with van der Waals surface area (Å²) in [6.45, 7) is 8.92. The quantitative estimate of drug-likeness (QED) is 0.135. The Morgan fingerprint density at radius 1 is 1.10 bits per heavy atom. The number of likely N-dealkylation sites (tertiary alicyclic amines) is 1. The smallest absolute Gasteiger partial charge is 0.244 e. The second-order valence-electron chi connectivity index (χ2n) is 10.1. The maximum Gasteiger partial charge on any atom is 0.244 e. The number of aryl methyl sites for hydroxylation is 2. The molecule has 2 N–H and O–H groups in total. The number of para-hydroxylation sites is 1. The first-order valence-electron chi connectivity index (χ1n) is 13.8. The zero-order chi connectivity index (χ0) is 27.5. The van der Waals surface area contributed by atoms with Crippen molar-refractivity contribution >= 4 is 22.9 Å². The number of amides is 1. The van der Waals surface area contributed by atoms with Crippen LogP contribution in [0, 0.1) is 13.8 Å². The van der Waals surface area contributed by atoms with Gasteiger partial charge in [-0.2, -0.15) is 0 Å². The Labute approximate surface area is 231 Å². The van der Waals surface area contributed by atoms with Crippen LogP contribution in [0.15, 0.2) is 60.8 Å². The number of carbonyl (C=O) groups is 1. The molecule has 7 nitrogen and oxygen atoms in total. The summed E-state index contributed by atoms with van der Waals surface area (Å²) in [7, 11) is 1.64. The lowest BCUT2D eigenvalue weighted by molar-refractivity contribution is -0.116. The number of fused-ring (bicyclic) bond motifs is 1. The van der Waals surface area contributed by atoms with Crippen molar-refractivity contribution in [2.75, 3.05) is 53.3 Å². The molecular weight excluding hydrogens is 490 g/mol. The lowest BCUT2D eigenvalue weighted by Crippen LogP contribution is -2.38. The van der Waals surface area contributed by atoms with Gasteiger partial charge in [-0.15, -0.1) is 0 Å². The van der Waals surface area contributed by atoms with Crippen LogP contribution in [0.5, 0.6) is 5.75 Å². The molecule has 0 atom stereocenters. The van der Waals surface area contributed by atoms with Gasteiger partial charge in [0.15, 0.2) is 6.79 Å². The lowest BCUT2D eigenvalue weighted by Gasteiger charge is -2.31. The normalized spacial score (nSPS) is 15.1. The minimum absolute atomic E-state index is 0.0714. The second kappa shape index (κ2) is 14.7. The Kier molecular flexibility index (Phi) is 10.8. The van der Waals surface area contributed by atoms with Crippen LogP contribution in [0.3, 0.4) is 0 Å². The molecule has 39 heavy (non-hydrogen) atoms. The summed E-state index contributed by atoms with van der Waals surface area (Å²) in [5.41, 5.74) is 5.79. The summed E-state index contributed by atoms with van der Waals surface area (Å²) in [6, 6.07) is 12.7. The molecule has 0 unspecified atom stereocenters. The molecule has 2 aromatic carbocycles. The Hall–Kier alpha value is -3.39. The highest BCUT2D eigenvalue weighted by atomic mass is 16.7. The summed E-state index contributed by atoms with van der Waals surface area (Å²) in [4.78, 5) is 18.1. The first kappa shape index (κ1) is 28.6. The number of hydrogen-bond donors (Lipinski definition) is 2. The van der Waals surface area contributed by atoms with Gasteiger partial charge in [0.1, 0.15) is 5.75 Å². The van der Waals surface area contributed by atoms with E-state index >= 15 is 0 Å². The number of methoxy groups -OCH3 is 1. The third kappa shape index (κ3) is 8.30. The molecular formula is C32H41N3O4. The summed E-state index contributed by atoms with van der Waals surface area (Å²) >= 11 is 0. The zero-order valence-electron chi connectivity index (χ0n) is 23.4. The molecule has 1 fully saturated rings. The topological polar surface area (TPSA) is 75.8 Å². The van der Waals surface area contributed by atoms with Crippen LogP contribution in [-0.2, 0) is 14.3 Å². The van der Waals surface area contributed by atoms with Crippen molar-refractivity contribution in [1.29, 1.82) is 0 Å². The molecule has 3 aromatic rings. The van der Waals surface area contributed by atoms with Gasteiger partial charge < -0.3 is 29.4 Å². The molecule has 1 aliphatic rings. The van der Waals surface area contributed by atoms with Crippen LogP contribution in [0.25, 0.3) is 17.0 Å². The summed E-state index contributed by atoms with van der Waals surface area (Å²) < 4.78 is 16.1. The van der Waals surface area contributed by atoms with Crippen LogP contribution in [0.4, 0.5) is 0 Å². The molecule has 1 saturated heterocycles. The van der Waals surface area contributed by atoms with E-state index in [1.165, 1.54) is 16.5 Å². The molecule has 0 saturated carbocycles. The maximum absolute atomic E-state index is 12.3. The number of hydrogen-bond acceptors (Lipinski definition) is 5. The van der Waals surface area contributed by atoms with E-state index in [0.29, 0.717) is 25.7 Å². The molecule has 4 rings (SSSR count). The fourth-order valence-electron chi connectivity index (χ4n) is 5.21. The van der Waals surface area contributed by atoms with Gasteiger partial charge in [-0.05, 0) is 86.1 Å². The molecule has 208 valence electrons. The first-order valence-corrected chi connectivity index (χ1v) is 13.8. The number of aromatic amines is 1. The van der Waals surface area contributed by atoms with E-state index in [0.717, 1.165) is 54.9 Å². The van der Waals surface area contributed by atoms with Gasteiger partial charge in [0, 0.05) is 43.4 Å². The van der Waals surface area contributed by atoms with Gasteiger partial charge in [0.05, 0.1) is 13.2 Å². The number of ether oxygens (including phenoxy) is 3. The summed E-state index contributed by atoms with van der Waals surface area (Å²) in [5, 5.41) is 4.35. The van der Waals surface area contributed by atoms with Crippen LogP contribution in [0.2, 0.25) is 0 Å². The van der Waals surface area contributed by atoms with Crippen molar-refractivity contribution in [3.8, 4) is 5.75 Å². The third-order valence-electron chi connectivity index (χ3n) is 7.22. The highest BCUT2D eigenvalue weighted by Crippen LogP contribution is 2.33. The van der Waals surface area contributed by atoms with E-state index < -0.39 is 0 Å². The lowest BCUT2D eigenvalue weighted by atomic mass is 9.89. The van der Waals surface area contributed by atoms with Gasteiger partial charge in [0.25, 0.3) is 0 Å². The SMILES string of the molecule is COCCOCOc1c(C)cc(/C=C/C=C/C(=O)NCCN2CCC(c3c[nH]c4ccccc34)CC2)cc1C. The molecule has 1 aliphatic heterocycles. The standard InChI is InChI=1S/C32H41N3O4/c1-24-20-26(21-25(2)32(24)39-23-38-19-18-37-3)8-4-7-11-31(36)33-14-17-35-15-12-27(13-16-35)29-22-34-30-10-6-5-9-28(29)30/h4-11,20-22,27,34H,12-19,23H2,1-3H3,(H,33,36)/b8-4+,11-7+. The van der Waals surface area contributed by atoms with E-state index in [9.17, 15) is 4.79 Å². The number of allylic oxidation sites excluding steroid dienone is 2. The van der Waals surface area contributed by atoms with Crippen LogP contribution >= 0.6 is 0 Å². The molecule has 0 bridgehead atoms. The van der Waals surface area contributed by atoms with Crippen LogP contribution in [-0.4, -0.2) is 69.1 Å². The first-order chi connectivity index (χ1) is 19.0. The summed E-state index contributed by atoms with van der Waals surface area (Å²) in [6.07, 6.45) is 11.7. The average molecular weight is 532 g/mol. The van der Waals surface area contributed by atoms with Crippen molar-refractivity contribution in [2.45, 2.75) is 32.6 Å². The van der Waals surface area contributed by atoms with Crippen molar-refractivity contribution in [1.82, 2.24) is 15.2 Å². The van der Waals surface area contributed by atoms with Crippen LogP contribution in [0.1, 0.15) is 41.0 Å². The number of benzene rings is 2. The number of piperidine rings is 1. The molecule has 7 heteroatoms. The molecule has 1 amide bonds. The van der Waals surface area contributed by atoms with E-state index in [-0.39, 0.29) is 12.7 Å². The number of aromatic nitrogens is 1. The van der Waals surface area contributed by atoms with Gasteiger partial charge in [-0.3, -0.25) is 4.79 Å².